The van der Waals surface area contributed by atoms with Gasteiger partial charge in [-0.05, 0) is 49.1 Å². The predicted molar refractivity (Wildman–Crippen MR) is 119 cm³/mol. The van der Waals surface area contributed by atoms with Gasteiger partial charge in [-0.15, -0.1) is 11.3 Å². The summed E-state index contributed by atoms with van der Waals surface area (Å²) in [6, 6.07) is 8.90. The molecule has 176 valence electrons. The molecule has 0 atom stereocenters. The van der Waals surface area contributed by atoms with Crippen molar-refractivity contribution in [2.45, 2.75) is 25.4 Å². The summed E-state index contributed by atoms with van der Waals surface area (Å²) in [4.78, 5) is 18.2. The third-order valence-electron chi connectivity index (χ3n) is 5.88. The average Bonchev–Trinajstić information content (AvgIpc) is 3.59. The minimum Gasteiger partial charge on any atom is -0.454 e. The highest BCUT2D eigenvalue weighted by Crippen LogP contribution is 2.39. The largest absolute Gasteiger partial charge is 0.454 e. The molecule has 8 nitrogen and oxygen atoms in total. The molecule has 1 N–H and O–H groups in total. The number of ether oxygens (including phenoxy) is 2. The molecule has 1 aliphatic carbocycles. The first-order valence-electron chi connectivity index (χ1n) is 10.6. The number of benzene rings is 1. The smallest absolute Gasteiger partial charge is 0.433 e. The zero-order valence-electron chi connectivity index (χ0n) is 17.8. The minimum absolute atomic E-state index is 0.0287. The van der Waals surface area contributed by atoms with Crippen molar-refractivity contribution >= 4 is 27.9 Å². The number of aryl methyl sites for hydroxylation is 1. The van der Waals surface area contributed by atoms with Crippen LogP contribution in [0, 0.1) is 11.3 Å². The molecular formula is C23H14F3N5O3S. The maximum Gasteiger partial charge on any atom is 0.433 e. The number of halogens is 3. The highest BCUT2D eigenvalue weighted by atomic mass is 32.1. The number of anilines is 1. The van der Waals surface area contributed by atoms with Gasteiger partial charge in [0.2, 0.25) is 6.79 Å². The van der Waals surface area contributed by atoms with Gasteiger partial charge in [0.15, 0.2) is 28.5 Å². The Kier molecular flexibility index (Phi) is 4.72. The van der Waals surface area contributed by atoms with Gasteiger partial charge in [-0.25, -0.2) is 9.50 Å². The molecule has 35 heavy (non-hydrogen) atoms. The summed E-state index contributed by atoms with van der Waals surface area (Å²) >= 11 is 1.31. The Balaban J connectivity index is 1.40. The van der Waals surface area contributed by atoms with Crippen molar-refractivity contribution in [3.8, 4) is 28.8 Å². The maximum absolute atomic E-state index is 13.9. The van der Waals surface area contributed by atoms with Gasteiger partial charge in [-0.2, -0.15) is 23.5 Å². The third-order valence-corrected chi connectivity index (χ3v) is 7.09. The number of thiophene rings is 1. The second kappa shape index (κ2) is 7.71. The van der Waals surface area contributed by atoms with Crippen LogP contribution in [0.25, 0.3) is 16.9 Å². The third kappa shape index (κ3) is 3.55. The first kappa shape index (κ1) is 21.4. The first-order chi connectivity index (χ1) is 16.8. The monoisotopic (exact) mass is 497 g/mol. The van der Waals surface area contributed by atoms with Gasteiger partial charge in [0.1, 0.15) is 11.1 Å². The summed E-state index contributed by atoms with van der Waals surface area (Å²) < 4.78 is 52.9. The van der Waals surface area contributed by atoms with E-state index in [1.54, 1.807) is 18.2 Å². The fourth-order valence-electron chi connectivity index (χ4n) is 4.27. The highest BCUT2D eigenvalue weighted by molar-refractivity contribution is 7.16. The lowest BCUT2D eigenvalue weighted by Gasteiger charge is -2.11. The zero-order chi connectivity index (χ0) is 24.3. The van der Waals surface area contributed by atoms with Gasteiger partial charge in [0.05, 0.1) is 11.3 Å². The molecule has 0 saturated heterocycles. The Morgan fingerprint density at radius 3 is 2.80 bits per heavy atom. The van der Waals surface area contributed by atoms with Crippen LogP contribution in [0.4, 0.5) is 18.2 Å². The summed E-state index contributed by atoms with van der Waals surface area (Å²) in [7, 11) is 0. The summed E-state index contributed by atoms with van der Waals surface area (Å²) in [5.41, 5.74) is 0.283. The molecule has 0 fully saturated rings. The molecule has 6 rings (SSSR count). The van der Waals surface area contributed by atoms with E-state index in [2.05, 4.69) is 21.5 Å². The number of nitriles is 1. The van der Waals surface area contributed by atoms with Crippen LogP contribution in [0.2, 0.25) is 0 Å². The lowest BCUT2D eigenvalue weighted by Crippen LogP contribution is -2.15. The molecule has 1 amide bonds. The second-order valence-corrected chi connectivity index (χ2v) is 9.12. The molecule has 4 aromatic rings. The number of amides is 1. The number of nitrogens with zero attached hydrogens (tertiary/aromatic N) is 4. The number of carbonyl (C=O) groups is 1. The molecule has 0 radical (unpaired) electrons. The molecule has 0 unspecified atom stereocenters. The van der Waals surface area contributed by atoms with Crippen molar-refractivity contribution in [3.63, 3.8) is 0 Å². The topological polar surface area (TPSA) is 102 Å². The Bertz CT molecular complexity index is 1570. The van der Waals surface area contributed by atoms with Crippen LogP contribution in [0.5, 0.6) is 11.5 Å². The van der Waals surface area contributed by atoms with E-state index >= 15 is 0 Å². The quantitative estimate of drug-likeness (QED) is 0.436. The Morgan fingerprint density at radius 1 is 1.17 bits per heavy atom. The van der Waals surface area contributed by atoms with Gasteiger partial charge in [0.25, 0.3) is 5.91 Å². The van der Waals surface area contributed by atoms with Crippen LogP contribution in [-0.4, -0.2) is 27.3 Å². The standard InChI is InChI=1S/C23H14F3N5O3S/c24-23(25,26)19-7-14(11-4-5-16-17(6-11)34-10-33-16)28-20-8-15(30-31(19)20)21(32)29-22-13(9-27)12-2-1-3-18(12)35-22/h4-8H,1-3,10H2,(H,29,32). The average molecular weight is 497 g/mol. The van der Waals surface area contributed by atoms with Gasteiger partial charge >= 0.3 is 6.18 Å². The molecule has 3 aromatic heterocycles. The van der Waals surface area contributed by atoms with Crippen molar-refractivity contribution in [1.82, 2.24) is 14.6 Å². The molecule has 2 aliphatic rings. The Labute approximate surface area is 199 Å². The maximum atomic E-state index is 13.9. The van der Waals surface area contributed by atoms with E-state index in [0.717, 1.165) is 35.8 Å². The van der Waals surface area contributed by atoms with E-state index in [9.17, 15) is 23.2 Å². The number of alkyl halides is 3. The molecule has 12 heteroatoms. The fraction of sp³-hybridized carbons (Fsp3) is 0.217. The van der Waals surface area contributed by atoms with Crippen LogP contribution in [-0.2, 0) is 19.0 Å². The normalized spacial score (nSPS) is 14.2. The van der Waals surface area contributed by atoms with E-state index in [-0.39, 0.29) is 23.8 Å². The molecule has 4 heterocycles. The minimum atomic E-state index is -4.76. The van der Waals surface area contributed by atoms with E-state index in [1.165, 1.54) is 17.4 Å². The van der Waals surface area contributed by atoms with Crippen LogP contribution in [0.15, 0.2) is 30.3 Å². The molecular weight excluding hydrogens is 483 g/mol. The number of rotatable bonds is 3. The van der Waals surface area contributed by atoms with Crippen LogP contribution >= 0.6 is 11.3 Å². The van der Waals surface area contributed by atoms with E-state index in [0.29, 0.717) is 32.1 Å². The lowest BCUT2D eigenvalue weighted by molar-refractivity contribution is -0.142. The van der Waals surface area contributed by atoms with E-state index in [1.807, 2.05) is 0 Å². The van der Waals surface area contributed by atoms with Gasteiger partial charge in [-0.1, -0.05) is 0 Å². The Hall–Kier alpha value is -4.11. The number of nitrogens with one attached hydrogen (secondary N) is 1. The lowest BCUT2D eigenvalue weighted by atomic mass is 10.1. The highest BCUT2D eigenvalue weighted by Gasteiger charge is 2.36. The van der Waals surface area contributed by atoms with Crippen molar-refractivity contribution in [2.24, 2.45) is 0 Å². The molecule has 0 saturated carbocycles. The van der Waals surface area contributed by atoms with Gasteiger partial charge in [0, 0.05) is 16.5 Å². The van der Waals surface area contributed by atoms with Crippen LogP contribution in [0.1, 0.15) is 38.6 Å². The van der Waals surface area contributed by atoms with Gasteiger partial charge < -0.3 is 14.8 Å². The first-order valence-corrected chi connectivity index (χ1v) is 11.4. The summed E-state index contributed by atoms with van der Waals surface area (Å²) in [5.74, 6) is 0.178. The van der Waals surface area contributed by atoms with Crippen LogP contribution < -0.4 is 14.8 Å². The van der Waals surface area contributed by atoms with Gasteiger partial charge in [-0.3, -0.25) is 4.79 Å². The molecule has 0 bridgehead atoms. The molecule has 1 aliphatic heterocycles. The molecule has 1 aromatic carbocycles. The number of aromatic nitrogens is 3. The van der Waals surface area contributed by atoms with E-state index < -0.39 is 17.8 Å². The Morgan fingerprint density at radius 2 is 2.00 bits per heavy atom. The van der Waals surface area contributed by atoms with Crippen molar-refractivity contribution in [3.05, 3.63) is 57.7 Å². The zero-order valence-corrected chi connectivity index (χ0v) is 18.6. The fourth-order valence-corrected chi connectivity index (χ4v) is 5.50. The van der Waals surface area contributed by atoms with Crippen molar-refractivity contribution < 1.29 is 27.4 Å². The number of hydrogen-bond donors (Lipinski definition) is 1. The number of fused-ring (bicyclic) bond motifs is 3. The number of hydrogen-bond acceptors (Lipinski definition) is 7. The van der Waals surface area contributed by atoms with Crippen LogP contribution in [0.3, 0.4) is 0 Å². The van der Waals surface area contributed by atoms with Crippen molar-refractivity contribution in [2.75, 3.05) is 12.1 Å². The summed E-state index contributed by atoms with van der Waals surface area (Å²) in [6.07, 6.45) is -2.20. The van der Waals surface area contributed by atoms with E-state index in [4.69, 9.17) is 9.47 Å². The second-order valence-electron chi connectivity index (χ2n) is 8.02. The number of carbonyl (C=O) groups excluding carboxylic acids is 1. The van der Waals surface area contributed by atoms with Crippen molar-refractivity contribution in [1.29, 1.82) is 5.26 Å². The SMILES string of the molecule is N#Cc1c(NC(=O)c2cc3nc(-c4ccc5c(c4)OCO5)cc(C(F)(F)F)n3n2)sc2c1CCC2. The summed E-state index contributed by atoms with van der Waals surface area (Å²) in [5, 5.41) is 16.4. The summed E-state index contributed by atoms with van der Waals surface area (Å²) in [6.45, 7) is 0.0287. The predicted octanol–water partition coefficient (Wildman–Crippen LogP) is 4.82. The molecule has 0 spiro atoms.